The minimum atomic E-state index is -3.98. The fraction of sp³-hybridized carbons (Fsp3) is 0.0952. The molecule has 31 heavy (non-hydrogen) atoms. The summed E-state index contributed by atoms with van der Waals surface area (Å²) in [6.45, 7) is -0.468. The van der Waals surface area contributed by atoms with E-state index in [0.29, 0.717) is 26.3 Å². The van der Waals surface area contributed by atoms with Crippen LogP contribution in [-0.2, 0) is 21.4 Å². The van der Waals surface area contributed by atoms with Crippen LogP contribution in [0.25, 0.3) is 0 Å². The number of nitrogens with zero attached hydrogens (tertiary/aromatic N) is 1. The SMILES string of the molecule is O=C(CN(Cc1ccc(Cl)c(Cl)c1)S(=O)(=O)c1ccc(Br)cc1)Nc1ccc(Cl)cc1. The Labute approximate surface area is 204 Å². The van der Waals surface area contributed by atoms with Gasteiger partial charge in [0.1, 0.15) is 0 Å². The van der Waals surface area contributed by atoms with Gasteiger partial charge in [0.25, 0.3) is 0 Å². The van der Waals surface area contributed by atoms with E-state index in [9.17, 15) is 13.2 Å². The van der Waals surface area contributed by atoms with Crippen LogP contribution < -0.4 is 5.32 Å². The number of hydrogen-bond donors (Lipinski definition) is 1. The van der Waals surface area contributed by atoms with Gasteiger partial charge in [0.2, 0.25) is 15.9 Å². The number of carbonyl (C=O) groups excluding carboxylic acids is 1. The summed E-state index contributed by atoms with van der Waals surface area (Å²) in [4.78, 5) is 12.7. The van der Waals surface area contributed by atoms with E-state index in [1.165, 1.54) is 12.1 Å². The van der Waals surface area contributed by atoms with Crippen LogP contribution >= 0.6 is 50.7 Å². The molecule has 162 valence electrons. The average Bonchev–Trinajstić information content (AvgIpc) is 2.72. The zero-order chi connectivity index (χ0) is 22.6. The molecule has 0 bridgehead atoms. The third-order valence-corrected chi connectivity index (χ3v) is 7.57. The van der Waals surface area contributed by atoms with Crippen molar-refractivity contribution in [3.8, 4) is 0 Å². The second kappa shape index (κ2) is 10.3. The lowest BCUT2D eigenvalue weighted by Crippen LogP contribution is -2.37. The molecule has 0 unspecified atom stereocenters. The number of carbonyl (C=O) groups is 1. The predicted molar refractivity (Wildman–Crippen MR) is 128 cm³/mol. The van der Waals surface area contributed by atoms with Crippen LogP contribution in [0.4, 0.5) is 5.69 Å². The summed E-state index contributed by atoms with van der Waals surface area (Å²) in [7, 11) is -3.98. The average molecular weight is 563 g/mol. The van der Waals surface area contributed by atoms with Crippen LogP contribution in [0.1, 0.15) is 5.56 Å². The summed E-state index contributed by atoms with van der Waals surface area (Å²) in [5.74, 6) is -0.497. The number of halogens is 4. The van der Waals surface area contributed by atoms with E-state index in [4.69, 9.17) is 34.8 Å². The zero-order valence-corrected chi connectivity index (χ0v) is 20.5. The van der Waals surface area contributed by atoms with E-state index in [-0.39, 0.29) is 11.4 Å². The molecule has 0 saturated carbocycles. The maximum absolute atomic E-state index is 13.3. The van der Waals surface area contributed by atoms with Crippen LogP contribution in [0.5, 0.6) is 0 Å². The molecule has 10 heteroatoms. The second-order valence-electron chi connectivity index (χ2n) is 6.53. The molecule has 0 saturated heterocycles. The van der Waals surface area contributed by atoms with E-state index in [2.05, 4.69) is 21.2 Å². The molecule has 0 aliphatic rings. The third kappa shape index (κ3) is 6.44. The van der Waals surface area contributed by atoms with Crippen LogP contribution in [0.15, 0.2) is 76.1 Å². The Morgan fingerprint density at radius 1 is 0.903 bits per heavy atom. The Balaban J connectivity index is 1.88. The molecule has 0 aromatic heterocycles. The second-order valence-corrected chi connectivity index (χ2v) is 10.6. The minimum Gasteiger partial charge on any atom is -0.325 e. The van der Waals surface area contributed by atoms with Gasteiger partial charge in [0.15, 0.2) is 0 Å². The predicted octanol–water partition coefficient (Wildman–Crippen LogP) is 6.24. The summed E-state index contributed by atoms with van der Waals surface area (Å²) in [5.41, 5.74) is 1.10. The molecule has 3 aromatic rings. The molecule has 1 N–H and O–H groups in total. The fourth-order valence-electron chi connectivity index (χ4n) is 2.72. The zero-order valence-electron chi connectivity index (χ0n) is 15.9. The lowest BCUT2D eigenvalue weighted by Gasteiger charge is -2.22. The first-order valence-electron chi connectivity index (χ1n) is 8.90. The molecule has 0 aliphatic heterocycles. The molecule has 0 aliphatic carbocycles. The first kappa shape index (κ1) is 24.0. The number of nitrogens with one attached hydrogen (secondary N) is 1. The van der Waals surface area contributed by atoms with E-state index in [1.54, 1.807) is 54.6 Å². The number of sulfonamides is 1. The molecule has 0 heterocycles. The van der Waals surface area contributed by atoms with Crippen molar-refractivity contribution in [2.45, 2.75) is 11.4 Å². The van der Waals surface area contributed by atoms with Gasteiger partial charge in [-0.15, -0.1) is 0 Å². The molecule has 5 nitrogen and oxygen atoms in total. The largest absolute Gasteiger partial charge is 0.325 e. The summed E-state index contributed by atoms with van der Waals surface area (Å²) in [6, 6.07) is 17.5. The fourth-order valence-corrected chi connectivity index (χ4v) is 4.81. The van der Waals surface area contributed by atoms with Crippen LogP contribution in [-0.4, -0.2) is 25.2 Å². The highest BCUT2D eigenvalue weighted by Crippen LogP contribution is 2.26. The molecule has 1 amide bonds. The highest BCUT2D eigenvalue weighted by molar-refractivity contribution is 9.10. The summed E-state index contributed by atoms with van der Waals surface area (Å²) >= 11 is 21.2. The van der Waals surface area contributed by atoms with Gasteiger partial charge < -0.3 is 5.32 Å². The van der Waals surface area contributed by atoms with Crippen LogP contribution in [0.2, 0.25) is 15.1 Å². The smallest absolute Gasteiger partial charge is 0.243 e. The molecule has 3 aromatic carbocycles. The molecular weight excluding hydrogens is 547 g/mol. The van der Waals surface area contributed by atoms with Gasteiger partial charge in [-0.25, -0.2) is 8.42 Å². The molecule has 0 radical (unpaired) electrons. The van der Waals surface area contributed by atoms with Crippen LogP contribution in [0, 0.1) is 0 Å². The van der Waals surface area contributed by atoms with Crippen molar-refractivity contribution in [1.29, 1.82) is 0 Å². The molecule has 0 atom stereocenters. The Hall–Kier alpha value is -1.61. The highest BCUT2D eigenvalue weighted by atomic mass is 79.9. The minimum absolute atomic E-state index is 0.0649. The Morgan fingerprint density at radius 3 is 2.16 bits per heavy atom. The summed E-state index contributed by atoms with van der Waals surface area (Å²) in [5, 5.41) is 3.86. The normalized spacial score (nSPS) is 11.5. The van der Waals surface area contributed by atoms with Crippen molar-refractivity contribution < 1.29 is 13.2 Å². The Bertz CT molecular complexity index is 1190. The lowest BCUT2D eigenvalue weighted by molar-refractivity contribution is -0.116. The maximum atomic E-state index is 13.3. The summed E-state index contributed by atoms with van der Waals surface area (Å²) < 4.78 is 28.4. The van der Waals surface area contributed by atoms with Crippen molar-refractivity contribution >= 4 is 72.4 Å². The maximum Gasteiger partial charge on any atom is 0.243 e. The van der Waals surface area contributed by atoms with Crippen molar-refractivity contribution in [3.63, 3.8) is 0 Å². The van der Waals surface area contributed by atoms with Gasteiger partial charge in [-0.2, -0.15) is 4.31 Å². The number of hydrogen-bond acceptors (Lipinski definition) is 3. The number of amides is 1. The number of anilines is 1. The molecule has 3 rings (SSSR count). The third-order valence-electron chi connectivity index (χ3n) is 4.24. The molecule has 0 spiro atoms. The van der Waals surface area contributed by atoms with Gasteiger partial charge in [-0.3, -0.25) is 4.79 Å². The number of rotatable bonds is 7. The first-order chi connectivity index (χ1) is 14.6. The van der Waals surface area contributed by atoms with Gasteiger partial charge in [0, 0.05) is 21.7 Å². The highest BCUT2D eigenvalue weighted by Gasteiger charge is 2.27. The van der Waals surface area contributed by atoms with E-state index < -0.39 is 22.5 Å². The standard InChI is InChI=1S/C21H16BrCl3N2O3S/c22-15-2-8-18(9-3-15)31(29,30)27(12-14-1-10-19(24)20(25)11-14)13-21(28)26-17-6-4-16(23)5-7-17/h1-11H,12-13H2,(H,26,28). The van der Waals surface area contributed by atoms with Crippen molar-refractivity contribution in [3.05, 3.63) is 91.8 Å². The van der Waals surface area contributed by atoms with E-state index >= 15 is 0 Å². The quantitative estimate of drug-likeness (QED) is 0.371. The van der Waals surface area contributed by atoms with Crippen molar-refractivity contribution in [2.24, 2.45) is 0 Å². The topological polar surface area (TPSA) is 66.5 Å². The van der Waals surface area contributed by atoms with Crippen molar-refractivity contribution in [2.75, 3.05) is 11.9 Å². The first-order valence-corrected chi connectivity index (χ1v) is 12.3. The van der Waals surface area contributed by atoms with E-state index in [1.807, 2.05) is 0 Å². The van der Waals surface area contributed by atoms with Gasteiger partial charge in [0.05, 0.1) is 21.5 Å². The Morgan fingerprint density at radius 2 is 1.55 bits per heavy atom. The Kier molecular flexibility index (Phi) is 8.02. The lowest BCUT2D eigenvalue weighted by atomic mass is 10.2. The van der Waals surface area contributed by atoms with E-state index in [0.717, 1.165) is 8.78 Å². The van der Waals surface area contributed by atoms with Gasteiger partial charge in [-0.05, 0) is 66.2 Å². The van der Waals surface area contributed by atoms with Crippen molar-refractivity contribution in [1.82, 2.24) is 4.31 Å². The monoisotopic (exact) mass is 560 g/mol. The molecular formula is C21H16BrCl3N2O3S. The summed E-state index contributed by atoms with van der Waals surface area (Å²) in [6.07, 6.45) is 0. The van der Waals surface area contributed by atoms with Gasteiger partial charge in [-0.1, -0.05) is 56.8 Å². The van der Waals surface area contributed by atoms with Crippen LogP contribution in [0.3, 0.4) is 0 Å². The van der Waals surface area contributed by atoms with Gasteiger partial charge >= 0.3 is 0 Å². The number of benzene rings is 3. The molecule has 0 fully saturated rings.